The van der Waals surface area contributed by atoms with Crippen LogP contribution in [0.1, 0.15) is 103 Å². The molecule has 8 rings (SSSR count). The number of allylic oxidation sites excluding steroid dienone is 10. The minimum absolute atomic E-state index is 0. The van der Waals surface area contributed by atoms with Gasteiger partial charge in [0.05, 0.1) is 5.71 Å². The molecule has 0 saturated carbocycles. The van der Waals surface area contributed by atoms with Gasteiger partial charge in [-0.2, -0.15) is 0 Å². The predicted molar refractivity (Wildman–Crippen MR) is 320 cm³/mol. The fraction of sp³-hybridized carbons (Fsp3) is 0.312. The summed E-state index contributed by atoms with van der Waals surface area (Å²) in [5.74, 6) is 1.08. The second kappa shape index (κ2) is 24.0. The standard InChI is InChI=1S/C16H22N2.2C16H20N2.C16H19N2.H2O/c4*1-9-5-13(6-10(2)15(9)17)14-7-11(3)16(18)12(4)8-14;/h5-9,15H,17-18H2,1-4H3;5-8H,17-18H2,1-4H3;5-8,13-14,17-18H,1-4H3;5-8,17H,18H2,1-4H3;1H2/q;;;-1;/p+2. The Balaban J connectivity index is 0.000000210. The lowest BCUT2D eigenvalue weighted by atomic mass is 9.78. The van der Waals surface area contributed by atoms with E-state index in [0.29, 0.717) is 29.2 Å². The van der Waals surface area contributed by atoms with Crippen molar-refractivity contribution in [2.24, 2.45) is 23.5 Å². The van der Waals surface area contributed by atoms with Crippen LogP contribution in [0, 0.1) is 92.4 Å². The number of benzene rings is 5. The minimum Gasteiger partial charge on any atom is -0.698 e. The lowest BCUT2D eigenvalue weighted by molar-refractivity contribution is -0.112. The largest absolute Gasteiger partial charge is 0.698 e. The maximum absolute atomic E-state index is 7.92. The van der Waals surface area contributed by atoms with E-state index in [9.17, 15) is 0 Å². The molecule has 2 unspecified atom stereocenters. The van der Waals surface area contributed by atoms with Gasteiger partial charge < -0.3 is 45.3 Å². The molecule has 0 spiro atoms. The molecule has 0 radical (unpaired) electrons. The third-order valence-electron chi connectivity index (χ3n) is 14.7. The molecule has 386 valence electrons. The molecule has 3 aliphatic rings. The van der Waals surface area contributed by atoms with E-state index < -0.39 is 0 Å². The van der Waals surface area contributed by atoms with Gasteiger partial charge in [-0.3, -0.25) is 5.41 Å². The molecular formula is C64H85N8O+. The summed E-state index contributed by atoms with van der Waals surface area (Å²) < 4.78 is 0. The lowest BCUT2D eigenvalue weighted by Gasteiger charge is -2.25. The molecule has 9 nitrogen and oxygen atoms in total. The number of nitrogens with two attached hydrogens (primary N) is 6. The van der Waals surface area contributed by atoms with Crippen molar-refractivity contribution < 1.29 is 10.9 Å². The van der Waals surface area contributed by atoms with Crippen LogP contribution in [0.25, 0.3) is 33.6 Å². The summed E-state index contributed by atoms with van der Waals surface area (Å²) >= 11 is 0. The Morgan fingerprint density at radius 2 is 0.685 bits per heavy atom. The number of nitrogen functional groups attached to an aromatic ring is 4. The van der Waals surface area contributed by atoms with Gasteiger partial charge in [0.15, 0.2) is 0 Å². The average molecular weight is 982 g/mol. The summed E-state index contributed by atoms with van der Waals surface area (Å²) in [5, 5.41) is 13.9. The predicted octanol–water partition coefficient (Wildman–Crippen LogP) is 13.1. The molecular weight excluding hydrogens is 897 g/mol. The van der Waals surface area contributed by atoms with Crippen molar-refractivity contribution in [1.29, 1.82) is 5.41 Å². The number of anilines is 4. The van der Waals surface area contributed by atoms with Crippen LogP contribution >= 0.6 is 0 Å². The first kappa shape index (κ1) is 58.4. The van der Waals surface area contributed by atoms with Crippen LogP contribution in [0.5, 0.6) is 0 Å². The summed E-state index contributed by atoms with van der Waals surface area (Å²) in [6, 6.07) is 21.3. The van der Waals surface area contributed by atoms with Crippen LogP contribution in [0.4, 0.5) is 28.4 Å². The number of hydrogen-bond acceptors (Lipinski definition) is 6. The highest BCUT2D eigenvalue weighted by Crippen LogP contribution is 2.35. The Morgan fingerprint density at radius 1 is 0.425 bits per heavy atom. The maximum Gasteiger partial charge on any atom is 0.201 e. The number of nitrogens with one attached hydrogen (secondary N) is 2. The van der Waals surface area contributed by atoms with Crippen LogP contribution in [0.15, 0.2) is 125 Å². The Bertz CT molecular complexity index is 2720. The molecule has 0 aliphatic heterocycles. The zero-order valence-corrected chi connectivity index (χ0v) is 46.6. The van der Waals surface area contributed by atoms with Crippen LogP contribution < -0.4 is 34.1 Å². The van der Waals surface area contributed by atoms with Crippen LogP contribution in [-0.2, 0) is 5.48 Å². The molecule has 0 fully saturated rings. The quantitative estimate of drug-likeness (QED) is 0.0685. The van der Waals surface area contributed by atoms with E-state index >= 15 is 0 Å². The van der Waals surface area contributed by atoms with E-state index in [1.807, 2.05) is 69.2 Å². The highest BCUT2D eigenvalue weighted by molar-refractivity contribution is 6.11. The molecule has 17 N–H and O–H groups in total. The van der Waals surface area contributed by atoms with Crippen molar-refractivity contribution in [1.82, 2.24) is 0 Å². The first-order valence-electron chi connectivity index (χ1n) is 25.0. The molecule has 0 aromatic heterocycles. The molecule has 0 heterocycles. The SMILES string of the molecule is CC1=CC(C2C=C(C)C(=[NH2+])C(C)=C2)C=C(C)C1=N.CC1=CC(c2cc(C)c(N)c(C)c2)=CC(C)C1N.Cc1cc(-c2cc(C)c(N)c(C)c2)cc(C)c1N.Cc1cc(-c2cc(C)c(N)c(C)c2)cc(C)c1[NH-].[OH3+]. The molecule has 0 bridgehead atoms. The van der Waals surface area contributed by atoms with E-state index in [2.05, 4.69) is 139 Å². The third kappa shape index (κ3) is 13.7. The zero-order valence-electron chi connectivity index (χ0n) is 46.6. The Morgan fingerprint density at radius 3 is 0.973 bits per heavy atom. The molecule has 73 heavy (non-hydrogen) atoms. The first-order chi connectivity index (χ1) is 33.6. The molecule has 5 aromatic carbocycles. The fourth-order valence-corrected chi connectivity index (χ4v) is 9.73. The average Bonchev–Trinajstić information content (AvgIpc) is 3.32. The first-order valence-corrected chi connectivity index (χ1v) is 25.0. The van der Waals surface area contributed by atoms with Gasteiger partial charge in [0, 0.05) is 51.8 Å². The van der Waals surface area contributed by atoms with Crippen molar-refractivity contribution in [2.45, 2.75) is 117 Å². The molecule has 2 atom stereocenters. The number of aryl methyl sites for hydroxylation is 10. The highest BCUT2D eigenvalue weighted by atomic mass is 16.0. The normalized spacial score (nSPS) is 17.4. The zero-order chi connectivity index (χ0) is 53.8. The van der Waals surface area contributed by atoms with E-state index in [1.165, 1.54) is 33.4 Å². The van der Waals surface area contributed by atoms with E-state index in [4.69, 9.17) is 45.2 Å². The molecule has 0 saturated heterocycles. The molecule has 5 aromatic rings. The summed E-state index contributed by atoms with van der Waals surface area (Å²) in [6.07, 6.45) is 13.3. The van der Waals surface area contributed by atoms with Crippen LogP contribution in [-0.4, -0.2) is 17.5 Å². The number of hydrogen-bond donors (Lipinski definition) is 7. The van der Waals surface area contributed by atoms with Gasteiger partial charge in [0.25, 0.3) is 0 Å². The second-order valence-corrected chi connectivity index (χ2v) is 20.8. The van der Waals surface area contributed by atoms with Gasteiger partial charge in [0.2, 0.25) is 5.71 Å². The number of rotatable bonds is 4. The van der Waals surface area contributed by atoms with Crippen LogP contribution in [0.3, 0.4) is 0 Å². The molecule has 0 amide bonds. The summed E-state index contributed by atoms with van der Waals surface area (Å²) in [4.78, 5) is 0. The monoisotopic (exact) mass is 982 g/mol. The van der Waals surface area contributed by atoms with Crippen LogP contribution in [0.2, 0.25) is 0 Å². The van der Waals surface area contributed by atoms with Crippen molar-refractivity contribution in [2.75, 3.05) is 22.9 Å². The van der Waals surface area contributed by atoms with E-state index in [0.717, 1.165) is 112 Å². The Labute approximate surface area is 437 Å². The summed E-state index contributed by atoms with van der Waals surface area (Å²) in [7, 11) is 0. The molecule has 9 heteroatoms. The maximum atomic E-state index is 7.92. The van der Waals surface area contributed by atoms with Crippen molar-refractivity contribution in [3.05, 3.63) is 192 Å². The third-order valence-corrected chi connectivity index (χ3v) is 14.7. The fourth-order valence-electron chi connectivity index (χ4n) is 9.73. The van der Waals surface area contributed by atoms with E-state index in [1.54, 1.807) is 0 Å². The van der Waals surface area contributed by atoms with Crippen molar-refractivity contribution >= 4 is 45.4 Å². The van der Waals surface area contributed by atoms with Crippen molar-refractivity contribution in [3.8, 4) is 22.3 Å². The van der Waals surface area contributed by atoms with Gasteiger partial charge in [-0.05, 0) is 247 Å². The Hall–Kier alpha value is -7.20. The topological polar surface area (TPSA) is 236 Å². The van der Waals surface area contributed by atoms with E-state index in [-0.39, 0.29) is 11.5 Å². The minimum atomic E-state index is 0. The lowest BCUT2D eigenvalue weighted by Crippen LogP contribution is -2.42. The van der Waals surface area contributed by atoms with Gasteiger partial charge in [-0.15, -0.1) is 5.69 Å². The highest BCUT2D eigenvalue weighted by Gasteiger charge is 2.25. The van der Waals surface area contributed by atoms with Gasteiger partial charge in [0.1, 0.15) is 0 Å². The van der Waals surface area contributed by atoms with Crippen molar-refractivity contribution in [3.63, 3.8) is 0 Å². The summed E-state index contributed by atoms with van der Waals surface area (Å²) in [5.41, 5.74) is 67.6. The summed E-state index contributed by atoms with van der Waals surface area (Å²) in [6.45, 7) is 32.8. The van der Waals surface area contributed by atoms with Gasteiger partial charge in [-0.1, -0.05) is 72.2 Å². The molecule has 3 aliphatic carbocycles. The second-order valence-electron chi connectivity index (χ2n) is 20.8. The van der Waals surface area contributed by atoms with Gasteiger partial charge >= 0.3 is 0 Å². The smallest absolute Gasteiger partial charge is 0.201 e. The van der Waals surface area contributed by atoms with Gasteiger partial charge in [-0.25, -0.2) is 0 Å². The Kier molecular flexibility index (Phi) is 19.2.